The molecule has 0 bridgehead atoms. The summed E-state index contributed by atoms with van der Waals surface area (Å²) in [6.45, 7) is 8.21. The summed E-state index contributed by atoms with van der Waals surface area (Å²) in [7, 11) is 0. The molecule has 4 rings (SSSR count). The fraction of sp³-hybridized carbons (Fsp3) is 0.444. The zero-order chi connectivity index (χ0) is 28.5. The van der Waals surface area contributed by atoms with E-state index in [-0.39, 0.29) is 24.1 Å². The van der Waals surface area contributed by atoms with Crippen molar-refractivity contribution in [1.29, 1.82) is 0 Å². The molecule has 0 atom stereocenters. The van der Waals surface area contributed by atoms with E-state index in [1.807, 2.05) is 39.0 Å². The number of likely N-dealkylation sites (tertiary alicyclic amines) is 1. The number of nitro benzene ring substituents is 1. The molecule has 3 aromatic rings. The van der Waals surface area contributed by atoms with Gasteiger partial charge in [0.05, 0.1) is 16.0 Å². The predicted molar refractivity (Wildman–Crippen MR) is 139 cm³/mol. The number of hydrogen-bond acceptors (Lipinski definition) is 7. The van der Waals surface area contributed by atoms with Gasteiger partial charge in [0.2, 0.25) is 0 Å². The number of nitrogens with one attached hydrogen (secondary N) is 1. The number of carbonyl (C=O) groups is 1. The van der Waals surface area contributed by atoms with Crippen molar-refractivity contribution in [3.05, 3.63) is 69.0 Å². The molecule has 0 spiro atoms. The van der Waals surface area contributed by atoms with Gasteiger partial charge in [-0.15, -0.1) is 0 Å². The smallest absolute Gasteiger partial charge is 0.416 e. The van der Waals surface area contributed by atoms with Crippen LogP contribution in [0.5, 0.6) is 0 Å². The fourth-order valence-electron chi connectivity index (χ4n) is 4.60. The molecule has 0 unspecified atom stereocenters. The van der Waals surface area contributed by atoms with Crippen molar-refractivity contribution in [3.8, 4) is 0 Å². The summed E-state index contributed by atoms with van der Waals surface area (Å²) in [5, 5.41) is 14.9. The Hall–Kier alpha value is -3.96. The molecule has 2 heterocycles. The standard InChI is InChI=1S/C27H30F3N5O4/c1-16-32-23-6-5-19(18-7-9-34(10-8-18)25(36)39-26(2,3)4)13-22(23)24(33-16)31-15-17-11-20(27(28,29)30)14-21(12-17)35(37)38/h5-6,11-14,18H,7-10,15H2,1-4H3,(H,31,32,33). The number of rotatable bonds is 5. The van der Waals surface area contributed by atoms with Gasteiger partial charge < -0.3 is 15.0 Å². The number of ether oxygens (including phenoxy) is 1. The van der Waals surface area contributed by atoms with Crippen molar-refractivity contribution >= 4 is 28.5 Å². The molecule has 1 fully saturated rings. The Morgan fingerprint density at radius 3 is 2.44 bits per heavy atom. The number of halogens is 3. The minimum atomic E-state index is -4.72. The Labute approximate surface area is 223 Å². The highest BCUT2D eigenvalue weighted by Crippen LogP contribution is 2.34. The monoisotopic (exact) mass is 545 g/mol. The van der Waals surface area contributed by atoms with Crippen molar-refractivity contribution in [2.45, 2.75) is 64.8 Å². The van der Waals surface area contributed by atoms with Crippen molar-refractivity contribution in [1.82, 2.24) is 14.9 Å². The molecule has 1 saturated heterocycles. The number of carbonyl (C=O) groups excluding carboxylic acids is 1. The quantitative estimate of drug-likeness (QED) is 0.284. The van der Waals surface area contributed by atoms with Crippen LogP contribution < -0.4 is 5.32 Å². The molecule has 12 heteroatoms. The fourth-order valence-corrected chi connectivity index (χ4v) is 4.60. The summed E-state index contributed by atoms with van der Waals surface area (Å²) >= 11 is 0. The number of amides is 1. The first-order valence-corrected chi connectivity index (χ1v) is 12.6. The van der Waals surface area contributed by atoms with E-state index in [1.165, 1.54) is 0 Å². The van der Waals surface area contributed by atoms with Crippen LogP contribution in [0.2, 0.25) is 0 Å². The number of aryl methyl sites for hydroxylation is 1. The second-order valence-electron chi connectivity index (χ2n) is 10.6. The summed E-state index contributed by atoms with van der Waals surface area (Å²) in [4.78, 5) is 33.4. The summed E-state index contributed by atoms with van der Waals surface area (Å²) in [5.41, 5.74) is -0.479. The van der Waals surface area contributed by atoms with E-state index in [1.54, 1.807) is 11.8 Å². The van der Waals surface area contributed by atoms with E-state index in [0.29, 0.717) is 41.7 Å². The molecule has 0 aliphatic carbocycles. The minimum absolute atomic E-state index is 0.102. The average molecular weight is 546 g/mol. The second-order valence-corrected chi connectivity index (χ2v) is 10.6. The maximum atomic E-state index is 13.3. The van der Waals surface area contributed by atoms with Gasteiger partial charge in [0, 0.05) is 37.2 Å². The van der Waals surface area contributed by atoms with Gasteiger partial charge in [-0.25, -0.2) is 14.8 Å². The third-order valence-electron chi connectivity index (χ3n) is 6.43. The highest BCUT2D eigenvalue weighted by atomic mass is 19.4. The van der Waals surface area contributed by atoms with Gasteiger partial charge in [-0.3, -0.25) is 10.1 Å². The number of hydrogen-bond donors (Lipinski definition) is 1. The molecule has 0 saturated carbocycles. The van der Waals surface area contributed by atoms with Crippen molar-refractivity contribution in [2.24, 2.45) is 0 Å². The van der Waals surface area contributed by atoms with Crippen LogP contribution in [0.3, 0.4) is 0 Å². The highest BCUT2D eigenvalue weighted by Gasteiger charge is 2.33. The van der Waals surface area contributed by atoms with Crippen LogP contribution in [0, 0.1) is 17.0 Å². The maximum absolute atomic E-state index is 13.3. The van der Waals surface area contributed by atoms with Crippen molar-refractivity contribution in [2.75, 3.05) is 18.4 Å². The number of non-ortho nitro benzene ring substituents is 1. The number of fused-ring (bicyclic) bond motifs is 1. The number of nitro groups is 1. The zero-order valence-corrected chi connectivity index (χ0v) is 22.1. The number of piperidine rings is 1. The van der Waals surface area contributed by atoms with Gasteiger partial charge >= 0.3 is 12.3 Å². The van der Waals surface area contributed by atoms with Crippen LogP contribution >= 0.6 is 0 Å². The van der Waals surface area contributed by atoms with Gasteiger partial charge in [0.1, 0.15) is 17.2 Å². The topological polar surface area (TPSA) is 110 Å². The molecule has 1 aromatic heterocycles. The largest absolute Gasteiger partial charge is 0.444 e. The number of nitrogens with zero attached hydrogens (tertiary/aromatic N) is 4. The first-order valence-electron chi connectivity index (χ1n) is 12.6. The molecule has 2 aromatic carbocycles. The lowest BCUT2D eigenvalue weighted by Gasteiger charge is -2.33. The van der Waals surface area contributed by atoms with Gasteiger partial charge in [0.15, 0.2) is 0 Å². The van der Waals surface area contributed by atoms with Crippen LogP contribution in [0.4, 0.5) is 29.5 Å². The predicted octanol–water partition coefficient (Wildman–Crippen LogP) is 6.59. The molecule has 39 heavy (non-hydrogen) atoms. The van der Waals surface area contributed by atoms with Crippen LogP contribution in [0.15, 0.2) is 36.4 Å². The maximum Gasteiger partial charge on any atom is 0.416 e. The minimum Gasteiger partial charge on any atom is -0.444 e. The Bertz CT molecular complexity index is 1400. The Balaban J connectivity index is 1.55. The lowest BCUT2D eigenvalue weighted by Crippen LogP contribution is -2.41. The summed E-state index contributed by atoms with van der Waals surface area (Å²) in [6, 6.07) is 8.35. The van der Waals surface area contributed by atoms with Gasteiger partial charge in [-0.1, -0.05) is 6.07 Å². The lowest BCUT2D eigenvalue weighted by molar-refractivity contribution is -0.385. The molecular formula is C27H30F3N5O4. The normalized spacial score (nSPS) is 14.9. The third-order valence-corrected chi connectivity index (χ3v) is 6.43. The number of anilines is 1. The number of benzene rings is 2. The van der Waals surface area contributed by atoms with E-state index in [2.05, 4.69) is 15.3 Å². The van der Waals surface area contributed by atoms with E-state index in [0.717, 1.165) is 30.5 Å². The van der Waals surface area contributed by atoms with Crippen LogP contribution in [0.25, 0.3) is 10.9 Å². The SMILES string of the molecule is Cc1nc(NCc2cc([N+](=O)[O-])cc(C(F)(F)F)c2)c2cc(C3CCN(C(=O)OC(C)(C)C)CC3)ccc2n1. The third kappa shape index (κ3) is 6.92. The molecule has 9 nitrogen and oxygen atoms in total. The zero-order valence-electron chi connectivity index (χ0n) is 22.1. The Kier molecular flexibility index (Phi) is 7.67. The van der Waals surface area contributed by atoms with E-state index >= 15 is 0 Å². The van der Waals surface area contributed by atoms with Gasteiger partial charge in [-0.05, 0) is 75.8 Å². The van der Waals surface area contributed by atoms with E-state index < -0.39 is 28.0 Å². The van der Waals surface area contributed by atoms with Crippen molar-refractivity contribution in [3.63, 3.8) is 0 Å². The molecule has 208 valence electrons. The molecule has 1 N–H and O–H groups in total. The highest BCUT2D eigenvalue weighted by molar-refractivity contribution is 5.89. The lowest BCUT2D eigenvalue weighted by atomic mass is 9.89. The Morgan fingerprint density at radius 1 is 1.13 bits per heavy atom. The van der Waals surface area contributed by atoms with Gasteiger partial charge in [-0.2, -0.15) is 13.2 Å². The van der Waals surface area contributed by atoms with Crippen LogP contribution in [-0.2, 0) is 17.5 Å². The molecule has 1 aliphatic heterocycles. The van der Waals surface area contributed by atoms with Crippen molar-refractivity contribution < 1.29 is 27.6 Å². The first kappa shape index (κ1) is 28.1. The Morgan fingerprint density at radius 2 is 1.82 bits per heavy atom. The first-order chi connectivity index (χ1) is 18.2. The summed E-state index contributed by atoms with van der Waals surface area (Å²) < 4.78 is 45.4. The number of alkyl halides is 3. The molecule has 0 radical (unpaired) electrons. The molecule has 1 aliphatic rings. The van der Waals surface area contributed by atoms with Gasteiger partial charge in [0.25, 0.3) is 5.69 Å². The number of aromatic nitrogens is 2. The second kappa shape index (κ2) is 10.7. The van der Waals surface area contributed by atoms with E-state index in [9.17, 15) is 28.1 Å². The average Bonchev–Trinajstić information content (AvgIpc) is 2.85. The molecular weight excluding hydrogens is 515 g/mol. The summed E-state index contributed by atoms with van der Waals surface area (Å²) in [6.07, 6.45) is -3.56. The van der Waals surface area contributed by atoms with Crippen LogP contribution in [-0.4, -0.2) is 44.6 Å². The summed E-state index contributed by atoms with van der Waals surface area (Å²) in [5.74, 6) is 1.08. The van der Waals surface area contributed by atoms with Crippen LogP contribution in [0.1, 0.15) is 62.0 Å². The molecule has 1 amide bonds. The van der Waals surface area contributed by atoms with E-state index in [4.69, 9.17) is 4.74 Å².